The van der Waals surface area contributed by atoms with Crippen molar-refractivity contribution in [3.05, 3.63) is 46.5 Å². The van der Waals surface area contributed by atoms with Crippen LogP contribution in [-0.4, -0.2) is 17.7 Å². The Morgan fingerprint density at radius 1 is 1.35 bits per heavy atom. The van der Waals surface area contributed by atoms with Crippen LogP contribution in [0, 0.1) is 6.92 Å². The lowest BCUT2D eigenvalue weighted by Crippen LogP contribution is -2.15. The highest BCUT2D eigenvalue weighted by molar-refractivity contribution is 6.31. The number of anilines is 3. The molecule has 7 heteroatoms. The molecule has 0 spiro atoms. The van der Waals surface area contributed by atoms with Crippen molar-refractivity contribution in [1.82, 2.24) is 4.98 Å². The summed E-state index contributed by atoms with van der Waals surface area (Å²) in [6.07, 6.45) is -0.559. The van der Waals surface area contributed by atoms with Crippen LogP contribution in [0.3, 0.4) is 0 Å². The van der Waals surface area contributed by atoms with Gasteiger partial charge < -0.3 is 15.8 Å². The van der Waals surface area contributed by atoms with Crippen molar-refractivity contribution in [3.63, 3.8) is 0 Å². The second-order valence-corrected chi connectivity index (χ2v) is 5.32. The molecule has 0 aliphatic heterocycles. The Bertz CT molecular complexity index is 706. The van der Waals surface area contributed by atoms with Gasteiger partial charge in [-0.25, -0.2) is 9.78 Å². The summed E-state index contributed by atoms with van der Waals surface area (Å²) in [5, 5.41) is 6.42. The van der Waals surface area contributed by atoms with E-state index in [1.54, 1.807) is 19.1 Å². The van der Waals surface area contributed by atoms with Gasteiger partial charge in [0.05, 0.1) is 12.3 Å². The first-order valence-electron chi connectivity index (χ1n) is 7.18. The minimum atomic E-state index is -0.559. The van der Waals surface area contributed by atoms with Gasteiger partial charge in [-0.2, -0.15) is 0 Å². The van der Waals surface area contributed by atoms with Gasteiger partial charge in [0.1, 0.15) is 11.6 Å². The first-order chi connectivity index (χ1) is 11.0. The average molecular weight is 335 g/mol. The summed E-state index contributed by atoms with van der Waals surface area (Å²) < 4.78 is 4.80. The lowest BCUT2D eigenvalue weighted by molar-refractivity contribution is 0.168. The molecule has 1 amide bonds. The highest BCUT2D eigenvalue weighted by Crippen LogP contribution is 2.20. The number of pyridine rings is 1. The Balaban J connectivity index is 1.99. The highest BCUT2D eigenvalue weighted by Gasteiger charge is 2.07. The lowest BCUT2D eigenvalue weighted by atomic mass is 10.1. The van der Waals surface area contributed by atoms with Gasteiger partial charge in [-0.15, -0.1) is 0 Å². The summed E-state index contributed by atoms with van der Waals surface area (Å²) in [5.41, 5.74) is 8.32. The van der Waals surface area contributed by atoms with Crippen LogP contribution in [0.25, 0.3) is 0 Å². The van der Waals surface area contributed by atoms with Gasteiger partial charge in [0, 0.05) is 11.6 Å². The van der Waals surface area contributed by atoms with Gasteiger partial charge >= 0.3 is 6.09 Å². The van der Waals surface area contributed by atoms with E-state index in [0.29, 0.717) is 18.1 Å². The van der Waals surface area contributed by atoms with Gasteiger partial charge in [-0.1, -0.05) is 23.7 Å². The van der Waals surface area contributed by atoms with E-state index in [2.05, 4.69) is 15.6 Å². The van der Waals surface area contributed by atoms with Crippen molar-refractivity contribution in [1.29, 1.82) is 0 Å². The molecule has 1 aromatic heterocycles. The standard InChI is InChI=1S/C16H19ClN4O2/c1-3-23-16(22)20-13-6-7-14(21-15(13)18)19-9-11-5-4-10(2)12(17)8-11/h4-8H,3,9H2,1-2H3,(H,20,22)(H3,18,19,21). The number of nitrogens with one attached hydrogen (secondary N) is 2. The van der Waals surface area contributed by atoms with Crippen molar-refractivity contribution in [2.75, 3.05) is 23.0 Å². The smallest absolute Gasteiger partial charge is 0.411 e. The molecule has 1 aromatic carbocycles. The number of hydrogen-bond donors (Lipinski definition) is 3. The third-order valence-electron chi connectivity index (χ3n) is 3.15. The molecular formula is C16H19ClN4O2. The van der Waals surface area contributed by atoms with Crippen molar-refractivity contribution < 1.29 is 9.53 Å². The fraction of sp³-hybridized carbons (Fsp3) is 0.250. The predicted octanol–water partition coefficient (Wildman–Crippen LogP) is 3.81. The van der Waals surface area contributed by atoms with Gasteiger partial charge in [0.2, 0.25) is 0 Å². The van der Waals surface area contributed by atoms with Crippen LogP contribution in [0.15, 0.2) is 30.3 Å². The van der Waals surface area contributed by atoms with Crippen molar-refractivity contribution in [2.24, 2.45) is 0 Å². The first-order valence-corrected chi connectivity index (χ1v) is 7.56. The quantitative estimate of drug-likeness (QED) is 0.773. The fourth-order valence-electron chi connectivity index (χ4n) is 1.90. The van der Waals surface area contributed by atoms with E-state index in [9.17, 15) is 4.79 Å². The third-order valence-corrected chi connectivity index (χ3v) is 3.55. The number of carbonyl (C=O) groups is 1. The zero-order valence-corrected chi connectivity index (χ0v) is 13.8. The predicted molar refractivity (Wildman–Crippen MR) is 92.8 cm³/mol. The van der Waals surface area contributed by atoms with E-state index in [0.717, 1.165) is 16.1 Å². The molecule has 6 nitrogen and oxygen atoms in total. The zero-order valence-electron chi connectivity index (χ0n) is 13.0. The number of rotatable bonds is 5. The highest BCUT2D eigenvalue weighted by atomic mass is 35.5. The van der Waals surface area contributed by atoms with Gasteiger partial charge in [-0.3, -0.25) is 5.32 Å². The van der Waals surface area contributed by atoms with Gasteiger partial charge in [0.15, 0.2) is 0 Å². The van der Waals surface area contributed by atoms with Crippen LogP contribution in [0.2, 0.25) is 5.02 Å². The zero-order chi connectivity index (χ0) is 16.8. The summed E-state index contributed by atoms with van der Waals surface area (Å²) in [4.78, 5) is 15.6. The van der Waals surface area contributed by atoms with Crippen LogP contribution < -0.4 is 16.4 Å². The molecule has 2 aromatic rings. The maximum atomic E-state index is 11.4. The Morgan fingerprint density at radius 2 is 2.13 bits per heavy atom. The average Bonchev–Trinajstić information content (AvgIpc) is 2.51. The molecular weight excluding hydrogens is 316 g/mol. The molecule has 4 N–H and O–H groups in total. The van der Waals surface area contributed by atoms with Gasteiger partial charge in [0.25, 0.3) is 0 Å². The largest absolute Gasteiger partial charge is 0.450 e. The molecule has 23 heavy (non-hydrogen) atoms. The molecule has 0 fully saturated rings. The topological polar surface area (TPSA) is 89.3 Å². The van der Waals surface area contributed by atoms with E-state index >= 15 is 0 Å². The normalized spacial score (nSPS) is 10.2. The van der Waals surface area contributed by atoms with E-state index in [1.807, 2.05) is 25.1 Å². The third kappa shape index (κ3) is 4.75. The molecule has 1 heterocycles. The molecule has 0 radical (unpaired) electrons. The number of aryl methyl sites for hydroxylation is 1. The summed E-state index contributed by atoms with van der Waals surface area (Å²) in [7, 11) is 0. The van der Waals surface area contributed by atoms with Crippen LogP contribution in [0.5, 0.6) is 0 Å². The number of nitrogens with zero attached hydrogens (tertiary/aromatic N) is 1. The Kier molecular flexibility index (Phi) is 5.65. The number of nitrogen functional groups attached to an aromatic ring is 1. The maximum absolute atomic E-state index is 11.4. The molecule has 0 aliphatic rings. The number of nitrogens with two attached hydrogens (primary N) is 1. The number of aromatic nitrogens is 1. The van der Waals surface area contributed by atoms with Crippen LogP contribution in [0.1, 0.15) is 18.1 Å². The Labute approximate surface area is 140 Å². The minimum absolute atomic E-state index is 0.213. The van der Waals surface area contributed by atoms with Crippen molar-refractivity contribution in [3.8, 4) is 0 Å². The molecule has 2 rings (SSSR count). The molecule has 0 atom stereocenters. The summed E-state index contributed by atoms with van der Waals surface area (Å²) >= 11 is 6.10. The van der Waals surface area contributed by atoms with Crippen molar-refractivity contribution >= 4 is 35.0 Å². The van der Waals surface area contributed by atoms with Gasteiger partial charge in [-0.05, 0) is 43.2 Å². The Morgan fingerprint density at radius 3 is 2.78 bits per heavy atom. The second-order valence-electron chi connectivity index (χ2n) is 4.91. The number of amides is 1. The van der Waals surface area contributed by atoms with E-state index in [-0.39, 0.29) is 12.4 Å². The molecule has 0 saturated heterocycles. The minimum Gasteiger partial charge on any atom is -0.450 e. The monoisotopic (exact) mass is 334 g/mol. The molecule has 0 bridgehead atoms. The Hall–Kier alpha value is -2.47. The molecule has 0 aliphatic carbocycles. The van der Waals surface area contributed by atoms with Crippen molar-refractivity contribution in [2.45, 2.75) is 20.4 Å². The number of hydrogen-bond acceptors (Lipinski definition) is 5. The molecule has 0 saturated carbocycles. The number of carbonyl (C=O) groups excluding carboxylic acids is 1. The summed E-state index contributed by atoms with van der Waals surface area (Å²) in [5.74, 6) is 0.818. The van der Waals surface area contributed by atoms with Crippen LogP contribution in [-0.2, 0) is 11.3 Å². The SMILES string of the molecule is CCOC(=O)Nc1ccc(NCc2ccc(C)c(Cl)c2)nc1N. The second kappa shape index (κ2) is 7.69. The first kappa shape index (κ1) is 16.9. The summed E-state index contributed by atoms with van der Waals surface area (Å²) in [6, 6.07) is 9.27. The van der Waals surface area contributed by atoms with Crippen LogP contribution >= 0.6 is 11.6 Å². The lowest BCUT2D eigenvalue weighted by Gasteiger charge is -2.11. The number of ether oxygens (including phenoxy) is 1. The number of halogens is 1. The van der Waals surface area contributed by atoms with E-state index < -0.39 is 6.09 Å². The summed E-state index contributed by atoms with van der Waals surface area (Å²) in [6.45, 7) is 4.54. The number of benzene rings is 1. The molecule has 0 unspecified atom stereocenters. The van der Waals surface area contributed by atoms with Crippen LogP contribution in [0.4, 0.5) is 22.1 Å². The van der Waals surface area contributed by atoms with E-state index in [1.165, 1.54) is 0 Å². The fourth-order valence-corrected chi connectivity index (χ4v) is 2.10. The maximum Gasteiger partial charge on any atom is 0.411 e. The van der Waals surface area contributed by atoms with E-state index in [4.69, 9.17) is 22.1 Å². The molecule has 122 valence electrons.